The number of halogens is 3. The van der Waals surface area contributed by atoms with Gasteiger partial charge in [-0.2, -0.15) is 13.2 Å². The fourth-order valence-electron chi connectivity index (χ4n) is 3.60. The van der Waals surface area contributed by atoms with E-state index in [9.17, 15) is 27.9 Å². The zero-order valence-corrected chi connectivity index (χ0v) is 15.5. The van der Waals surface area contributed by atoms with E-state index >= 15 is 0 Å². The molecule has 0 aromatic heterocycles. The number of aliphatic carboxylic acids is 1. The summed E-state index contributed by atoms with van der Waals surface area (Å²) in [4.78, 5) is 24.1. The number of benzene rings is 1. The molecule has 8 heteroatoms. The third-order valence-corrected chi connectivity index (χ3v) is 4.74. The zero-order valence-electron chi connectivity index (χ0n) is 15.5. The van der Waals surface area contributed by atoms with Crippen molar-refractivity contribution < 1.29 is 32.6 Å². The van der Waals surface area contributed by atoms with E-state index in [1.165, 1.54) is 12.1 Å². The maximum absolute atomic E-state index is 12.8. The summed E-state index contributed by atoms with van der Waals surface area (Å²) in [7, 11) is 0. The minimum atomic E-state index is -4.47. The second-order valence-corrected chi connectivity index (χ2v) is 7.86. The zero-order chi connectivity index (χ0) is 20.5. The standard InChI is InChI=1S/C19H24F3NO4/c1-17(2,3)27-16(26)23-14(15(24)25)18(10-4-5-11-18)12-6-8-13(9-7-12)19(20,21)22/h6-9,14H,4-5,10-11H2,1-3H3,(H,23,26)(H,24,25). The van der Waals surface area contributed by atoms with Crippen LogP contribution in [0.5, 0.6) is 0 Å². The predicted molar refractivity (Wildman–Crippen MR) is 92.4 cm³/mol. The number of carboxylic acid groups (broad SMARTS) is 1. The van der Waals surface area contributed by atoms with Crippen molar-refractivity contribution in [2.24, 2.45) is 0 Å². The molecule has 27 heavy (non-hydrogen) atoms. The molecule has 1 amide bonds. The highest BCUT2D eigenvalue weighted by Gasteiger charge is 2.48. The molecule has 5 nitrogen and oxygen atoms in total. The van der Waals surface area contributed by atoms with E-state index in [1.54, 1.807) is 20.8 Å². The average molecular weight is 387 g/mol. The number of carboxylic acids is 1. The number of nitrogens with one attached hydrogen (secondary N) is 1. The van der Waals surface area contributed by atoms with Crippen molar-refractivity contribution in [3.05, 3.63) is 35.4 Å². The van der Waals surface area contributed by atoms with E-state index < -0.39 is 40.9 Å². The number of carbonyl (C=O) groups is 2. The molecule has 1 unspecified atom stereocenters. The molecule has 0 aliphatic heterocycles. The van der Waals surface area contributed by atoms with E-state index in [-0.39, 0.29) is 0 Å². The number of alkyl halides is 3. The van der Waals surface area contributed by atoms with Gasteiger partial charge < -0.3 is 15.2 Å². The Morgan fingerprint density at radius 1 is 1.11 bits per heavy atom. The summed E-state index contributed by atoms with van der Waals surface area (Å²) in [6.45, 7) is 4.97. The fraction of sp³-hybridized carbons (Fsp3) is 0.579. The van der Waals surface area contributed by atoms with Crippen LogP contribution in [-0.4, -0.2) is 28.8 Å². The second-order valence-electron chi connectivity index (χ2n) is 7.86. The molecule has 1 saturated carbocycles. The topological polar surface area (TPSA) is 75.6 Å². The van der Waals surface area contributed by atoms with Crippen molar-refractivity contribution in [3.63, 3.8) is 0 Å². The van der Waals surface area contributed by atoms with Gasteiger partial charge >= 0.3 is 18.2 Å². The van der Waals surface area contributed by atoms with Gasteiger partial charge in [-0.1, -0.05) is 25.0 Å². The van der Waals surface area contributed by atoms with Gasteiger partial charge in [-0.3, -0.25) is 0 Å². The fourth-order valence-corrected chi connectivity index (χ4v) is 3.60. The van der Waals surface area contributed by atoms with E-state index in [2.05, 4.69) is 5.32 Å². The van der Waals surface area contributed by atoms with E-state index in [0.717, 1.165) is 25.0 Å². The summed E-state index contributed by atoms with van der Waals surface area (Å²) < 4.78 is 43.7. The molecule has 0 saturated heterocycles. The number of hydrogen-bond donors (Lipinski definition) is 2. The van der Waals surface area contributed by atoms with Gasteiger partial charge in [0.1, 0.15) is 11.6 Å². The Labute approximate surface area is 155 Å². The minimum absolute atomic E-state index is 0.450. The van der Waals surface area contributed by atoms with Gasteiger partial charge in [0, 0.05) is 5.41 Å². The molecule has 0 bridgehead atoms. The molecular weight excluding hydrogens is 363 g/mol. The third-order valence-electron chi connectivity index (χ3n) is 4.74. The van der Waals surface area contributed by atoms with Gasteiger partial charge in [0.25, 0.3) is 0 Å². The predicted octanol–water partition coefficient (Wildman–Crippen LogP) is 4.50. The van der Waals surface area contributed by atoms with Crippen molar-refractivity contribution in [1.82, 2.24) is 5.32 Å². The number of alkyl carbamates (subject to hydrolysis) is 1. The Morgan fingerprint density at radius 2 is 1.63 bits per heavy atom. The number of amides is 1. The summed E-state index contributed by atoms with van der Waals surface area (Å²) in [5, 5.41) is 12.2. The Balaban J connectivity index is 2.37. The van der Waals surface area contributed by atoms with Crippen molar-refractivity contribution in [1.29, 1.82) is 0 Å². The summed E-state index contributed by atoms with van der Waals surface area (Å²) in [6.07, 6.45) is -2.99. The number of hydrogen-bond acceptors (Lipinski definition) is 3. The van der Waals surface area contributed by atoms with Crippen molar-refractivity contribution >= 4 is 12.1 Å². The molecule has 1 aromatic rings. The monoisotopic (exact) mass is 387 g/mol. The first kappa shape index (κ1) is 21.1. The normalized spacial score (nSPS) is 18.0. The van der Waals surface area contributed by atoms with E-state index in [0.29, 0.717) is 18.4 Å². The van der Waals surface area contributed by atoms with Crippen molar-refractivity contribution in [2.45, 2.75) is 69.7 Å². The van der Waals surface area contributed by atoms with Gasteiger partial charge in [-0.15, -0.1) is 0 Å². The Morgan fingerprint density at radius 3 is 2.04 bits per heavy atom. The molecular formula is C19H24F3NO4. The largest absolute Gasteiger partial charge is 0.480 e. The number of ether oxygens (including phenoxy) is 1. The summed E-state index contributed by atoms with van der Waals surface area (Å²) in [6, 6.07) is 3.21. The van der Waals surface area contributed by atoms with Crippen LogP contribution in [0.1, 0.15) is 57.6 Å². The summed E-state index contributed by atoms with van der Waals surface area (Å²) >= 11 is 0. The van der Waals surface area contributed by atoms with Crippen LogP contribution in [0.2, 0.25) is 0 Å². The summed E-state index contributed by atoms with van der Waals surface area (Å²) in [5.41, 5.74) is -2.11. The molecule has 0 heterocycles. The van der Waals surface area contributed by atoms with Gasteiger partial charge in [-0.25, -0.2) is 9.59 Å². The van der Waals surface area contributed by atoms with E-state index in [4.69, 9.17) is 4.74 Å². The lowest BCUT2D eigenvalue weighted by Gasteiger charge is -2.36. The van der Waals surface area contributed by atoms with Crippen LogP contribution in [0, 0.1) is 0 Å². The van der Waals surface area contributed by atoms with Gasteiger partial charge in [0.2, 0.25) is 0 Å². The minimum Gasteiger partial charge on any atom is -0.480 e. The van der Waals surface area contributed by atoms with Crippen LogP contribution in [0.4, 0.5) is 18.0 Å². The highest BCUT2D eigenvalue weighted by atomic mass is 19.4. The lowest BCUT2D eigenvalue weighted by Crippen LogP contribution is -2.55. The van der Waals surface area contributed by atoms with Crippen LogP contribution < -0.4 is 5.32 Å². The number of rotatable bonds is 4. The highest BCUT2D eigenvalue weighted by Crippen LogP contribution is 2.44. The quantitative estimate of drug-likeness (QED) is 0.798. The summed E-state index contributed by atoms with van der Waals surface area (Å²) in [5.74, 6) is -1.25. The van der Waals surface area contributed by atoms with Gasteiger partial charge in [-0.05, 0) is 51.3 Å². The Bertz CT molecular complexity index is 686. The molecule has 1 fully saturated rings. The molecule has 0 radical (unpaired) electrons. The lowest BCUT2D eigenvalue weighted by atomic mass is 9.72. The van der Waals surface area contributed by atoms with Crippen LogP contribution in [0.3, 0.4) is 0 Å². The third kappa shape index (κ3) is 4.93. The molecule has 1 aromatic carbocycles. The first-order valence-corrected chi connectivity index (χ1v) is 8.75. The van der Waals surface area contributed by atoms with Gasteiger partial charge in [0.15, 0.2) is 0 Å². The first-order valence-electron chi connectivity index (χ1n) is 8.75. The highest BCUT2D eigenvalue weighted by molar-refractivity contribution is 5.82. The maximum atomic E-state index is 12.8. The molecule has 2 rings (SSSR count). The van der Waals surface area contributed by atoms with E-state index in [1.807, 2.05) is 0 Å². The van der Waals surface area contributed by atoms with Gasteiger partial charge in [0.05, 0.1) is 5.56 Å². The Kier molecular flexibility index (Phi) is 5.77. The lowest BCUT2D eigenvalue weighted by molar-refractivity contribution is -0.142. The molecule has 1 atom stereocenters. The van der Waals surface area contributed by atoms with Crippen LogP contribution in [-0.2, 0) is 21.1 Å². The second kappa shape index (κ2) is 7.40. The smallest absolute Gasteiger partial charge is 0.416 e. The van der Waals surface area contributed by atoms with Crippen LogP contribution in [0.25, 0.3) is 0 Å². The molecule has 0 spiro atoms. The molecule has 1 aliphatic carbocycles. The van der Waals surface area contributed by atoms with Crippen LogP contribution >= 0.6 is 0 Å². The molecule has 150 valence electrons. The molecule has 1 aliphatic rings. The van der Waals surface area contributed by atoms with Crippen molar-refractivity contribution in [2.75, 3.05) is 0 Å². The number of carbonyl (C=O) groups excluding carboxylic acids is 1. The Hall–Kier alpha value is -2.25. The van der Waals surface area contributed by atoms with Crippen molar-refractivity contribution in [3.8, 4) is 0 Å². The molecule has 2 N–H and O–H groups in total. The maximum Gasteiger partial charge on any atom is 0.416 e. The first-order chi connectivity index (χ1) is 12.3. The van der Waals surface area contributed by atoms with Crippen LogP contribution in [0.15, 0.2) is 24.3 Å². The average Bonchev–Trinajstić information content (AvgIpc) is 3.00. The SMILES string of the molecule is CC(C)(C)OC(=O)NC(C(=O)O)C1(c2ccc(C(F)(F)F)cc2)CCCC1.